The molecule has 39 heavy (non-hydrogen) atoms. The van der Waals surface area contributed by atoms with Crippen molar-refractivity contribution in [2.45, 2.75) is 6.92 Å². The minimum Gasteiger partial charge on any atom is -0.495 e. The van der Waals surface area contributed by atoms with Gasteiger partial charge in [-0.1, -0.05) is 17.7 Å². The molecule has 0 atom stereocenters. The number of carbonyl (C=O) groups excluding carboxylic acids is 2. The number of rotatable bonds is 8. The summed E-state index contributed by atoms with van der Waals surface area (Å²) in [7, 11) is 1.56. The van der Waals surface area contributed by atoms with Crippen LogP contribution in [0.1, 0.15) is 5.56 Å². The van der Waals surface area contributed by atoms with E-state index in [9.17, 15) is 9.59 Å². The quantitative estimate of drug-likeness (QED) is 0.311. The van der Waals surface area contributed by atoms with Crippen molar-refractivity contribution in [2.75, 3.05) is 67.4 Å². The van der Waals surface area contributed by atoms with Gasteiger partial charge < -0.3 is 40.3 Å². The van der Waals surface area contributed by atoms with Gasteiger partial charge in [0.25, 0.3) is 0 Å². The molecule has 4 N–H and O–H groups in total. The summed E-state index contributed by atoms with van der Waals surface area (Å²) in [5.41, 5.74) is 3.71. The summed E-state index contributed by atoms with van der Waals surface area (Å²) in [5.74, 6) is 1.10. The van der Waals surface area contributed by atoms with Crippen LogP contribution >= 0.6 is 11.6 Å². The van der Waals surface area contributed by atoms with Crippen molar-refractivity contribution in [2.24, 2.45) is 0 Å². The summed E-state index contributed by atoms with van der Waals surface area (Å²) in [6, 6.07) is 17.5. The molecule has 0 bridgehead atoms. The number of anilines is 4. The van der Waals surface area contributed by atoms with E-state index < -0.39 is 0 Å². The van der Waals surface area contributed by atoms with Crippen LogP contribution in [0.3, 0.4) is 0 Å². The molecule has 1 fully saturated rings. The van der Waals surface area contributed by atoms with Crippen molar-refractivity contribution in [1.82, 2.24) is 4.90 Å². The van der Waals surface area contributed by atoms with Gasteiger partial charge in [0, 0.05) is 43.6 Å². The zero-order chi connectivity index (χ0) is 27.8. The molecule has 1 saturated heterocycles. The minimum atomic E-state index is -0.364. The molecular weight excluding hydrogens is 522 g/mol. The van der Waals surface area contributed by atoms with Gasteiger partial charge in [0.2, 0.25) is 0 Å². The Morgan fingerprint density at radius 1 is 0.923 bits per heavy atom. The molecule has 11 heteroatoms. The molecule has 1 aliphatic heterocycles. The number of methoxy groups -OCH3 is 1. The molecule has 4 amide bonds. The number of aryl methyl sites for hydroxylation is 1. The lowest BCUT2D eigenvalue weighted by molar-refractivity contribution is 0.201. The molecule has 0 spiro atoms. The number of aliphatic hydroxyl groups excluding tert-OH is 1. The van der Waals surface area contributed by atoms with E-state index in [0.29, 0.717) is 59.8 Å². The third-order valence-electron chi connectivity index (χ3n) is 6.20. The van der Waals surface area contributed by atoms with Crippen LogP contribution in [-0.2, 0) is 0 Å². The van der Waals surface area contributed by atoms with E-state index >= 15 is 0 Å². The first-order valence-electron chi connectivity index (χ1n) is 12.5. The van der Waals surface area contributed by atoms with Gasteiger partial charge in [-0.15, -0.1) is 0 Å². The maximum absolute atomic E-state index is 12.8. The number of aliphatic hydroxyl groups is 1. The SMILES string of the molecule is COc1ccc(C)cc1NC(=O)Nc1ccc(N2CCN(C(=O)Nc3cc(OCCO)ccc3Cl)CC2)cc1. The number of nitrogens with zero attached hydrogens (tertiary/aromatic N) is 2. The van der Waals surface area contributed by atoms with Crippen LogP contribution in [0.25, 0.3) is 0 Å². The Morgan fingerprint density at radius 3 is 2.36 bits per heavy atom. The molecule has 1 aliphatic rings. The molecule has 0 aliphatic carbocycles. The number of ether oxygens (including phenoxy) is 2. The zero-order valence-electron chi connectivity index (χ0n) is 21.9. The van der Waals surface area contributed by atoms with Crippen molar-refractivity contribution in [3.8, 4) is 11.5 Å². The maximum Gasteiger partial charge on any atom is 0.323 e. The first kappa shape index (κ1) is 27.9. The van der Waals surface area contributed by atoms with Crippen LogP contribution in [-0.4, -0.2) is 68.6 Å². The summed E-state index contributed by atoms with van der Waals surface area (Å²) in [4.78, 5) is 29.2. The summed E-state index contributed by atoms with van der Waals surface area (Å²) >= 11 is 6.24. The first-order valence-corrected chi connectivity index (χ1v) is 12.9. The number of piperazine rings is 1. The highest BCUT2D eigenvalue weighted by atomic mass is 35.5. The monoisotopic (exact) mass is 553 g/mol. The number of benzene rings is 3. The maximum atomic E-state index is 12.8. The van der Waals surface area contributed by atoms with Gasteiger partial charge >= 0.3 is 12.1 Å². The van der Waals surface area contributed by atoms with Crippen molar-refractivity contribution in [1.29, 1.82) is 0 Å². The summed E-state index contributed by atoms with van der Waals surface area (Å²) in [5, 5.41) is 17.8. The highest BCUT2D eigenvalue weighted by Crippen LogP contribution is 2.28. The number of amides is 4. The Bertz CT molecular complexity index is 1300. The average molecular weight is 554 g/mol. The highest BCUT2D eigenvalue weighted by molar-refractivity contribution is 6.33. The molecule has 0 unspecified atom stereocenters. The van der Waals surface area contributed by atoms with Gasteiger partial charge in [-0.2, -0.15) is 0 Å². The Morgan fingerprint density at radius 2 is 1.67 bits per heavy atom. The van der Waals surface area contributed by atoms with Crippen molar-refractivity contribution < 1.29 is 24.2 Å². The summed E-state index contributed by atoms with van der Waals surface area (Å²) in [6.07, 6.45) is 0. The molecule has 3 aromatic carbocycles. The lowest BCUT2D eigenvalue weighted by Crippen LogP contribution is -2.50. The molecule has 0 saturated carbocycles. The number of halogens is 1. The number of carbonyl (C=O) groups is 2. The summed E-state index contributed by atoms with van der Waals surface area (Å²) in [6.45, 7) is 4.37. The van der Waals surface area contributed by atoms with E-state index in [1.54, 1.807) is 30.2 Å². The Hall–Kier alpha value is -4.15. The average Bonchev–Trinajstić information content (AvgIpc) is 2.94. The van der Waals surface area contributed by atoms with Crippen molar-refractivity contribution in [3.63, 3.8) is 0 Å². The number of hydrogen-bond acceptors (Lipinski definition) is 6. The van der Waals surface area contributed by atoms with Gasteiger partial charge in [-0.3, -0.25) is 0 Å². The molecule has 4 rings (SSSR count). The molecule has 1 heterocycles. The lowest BCUT2D eigenvalue weighted by Gasteiger charge is -2.36. The second kappa shape index (κ2) is 13.1. The van der Waals surface area contributed by atoms with Gasteiger partial charge in [0.15, 0.2) is 0 Å². The normalized spacial score (nSPS) is 13.0. The van der Waals surface area contributed by atoms with E-state index in [1.165, 1.54) is 0 Å². The third-order valence-corrected chi connectivity index (χ3v) is 6.53. The van der Waals surface area contributed by atoms with Crippen LogP contribution < -0.4 is 30.3 Å². The van der Waals surface area contributed by atoms with Gasteiger partial charge in [0.1, 0.15) is 18.1 Å². The van der Waals surface area contributed by atoms with Gasteiger partial charge in [-0.05, 0) is 61.0 Å². The Kier molecular flexibility index (Phi) is 9.35. The molecular formula is C28H32ClN5O5. The van der Waals surface area contributed by atoms with E-state index in [2.05, 4.69) is 20.9 Å². The topological polar surface area (TPSA) is 115 Å². The number of nitrogens with one attached hydrogen (secondary N) is 3. The van der Waals surface area contributed by atoms with Crippen LogP contribution in [0, 0.1) is 6.92 Å². The first-order chi connectivity index (χ1) is 18.9. The smallest absolute Gasteiger partial charge is 0.323 e. The van der Waals surface area contributed by atoms with Crippen LogP contribution in [0.4, 0.5) is 32.3 Å². The van der Waals surface area contributed by atoms with E-state index in [-0.39, 0.29) is 25.3 Å². The number of hydrogen-bond donors (Lipinski definition) is 4. The fraction of sp³-hybridized carbons (Fsp3) is 0.286. The van der Waals surface area contributed by atoms with Crippen molar-refractivity contribution in [3.05, 3.63) is 71.2 Å². The van der Waals surface area contributed by atoms with E-state index in [0.717, 1.165) is 11.3 Å². The fourth-order valence-corrected chi connectivity index (χ4v) is 4.34. The predicted molar refractivity (Wildman–Crippen MR) is 154 cm³/mol. The fourth-order valence-electron chi connectivity index (χ4n) is 4.18. The second-order valence-corrected chi connectivity index (χ2v) is 9.35. The molecule has 0 radical (unpaired) electrons. The second-order valence-electron chi connectivity index (χ2n) is 8.95. The highest BCUT2D eigenvalue weighted by Gasteiger charge is 2.22. The van der Waals surface area contributed by atoms with Gasteiger partial charge in [0.05, 0.1) is 30.1 Å². The van der Waals surface area contributed by atoms with Gasteiger partial charge in [-0.25, -0.2) is 9.59 Å². The van der Waals surface area contributed by atoms with E-state index in [1.807, 2.05) is 49.4 Å². The number of urea groups is 2. The van der Waals surface area contributed by atoms with Crippen molar-refractivity contribution >= 4 is 46.4 Å². The van der Waals surface area contributed by atoms with Crippen LogP contribution in [0.15, 0.2) is 60.7 Å². The molecule has 206 valence electrons. The standard InChI is InChI=1S/C28H32ClN5O5/c1-19-3-10-26(38-2)25(17-19)31-27(36)30-20-4-6-21(7-5-20)33-11-13-34(14-12-33)28(37)32-24-18-22(39-16-15-35)8-9-23(24)29/h3-10,17-18,35H,11-16H2,1-2H3,(H,32,37)(H2,30,31,36). The lowest BCUT2D eigenvalue weighted by atomic mass is 10.2. The van der Waals surface area contributed by atoms with E-state index in [4.69, 9.17) is 26.2 Å². The molecule has 0 aromatic heterocycles. The minimum absolute atomic E-state index is 0.104. The predicted octanol–water partition coefficient (Wildman–Crippen LogP) is 5.03. The third kappa shape index (κ3) is 7.46. The largest absolute Gasteiger partial charge is 0.495 e. The zero-order valence-corrected chi connectivity index (χ0v) is 22.6. The Labute approximate surface area is 232 Å². The Balaban J connectivity index is 1.28. The summed E-state index contributed by atoms with van der Waals surface area (Å²) < 4.78 is 10.7. The molecule has 10 nitrogen and oxygen atoms in total. The van der Waals surface area contributed by atoms with Crippen LogP contribution in [0.2, 0.25) is 5.02 Å². The van der Waals surface area contributed by atoms with Crippen LogP contribution in [0.5, 0.6) is 11.5 Å². The molecule has 3 aromatic rings.